The highest BCUT2D eigenvalue weighted by Crippen LogP contribution is 2.41. The lowest BCUT2D eigenvalue weighted by molar-refractivity contribution is -0.943. The molecule has 0 aliphatic carbocycles. The molecule has 0 amide bonds. The number of quaternary nitrogens is 1. The van der Waals surface area contributed by atoms with Gasteiger partial charge < -0.3 is 24.0 Å². The summed E-state index contributed by atoms with van der Waals surface area (Å²) in [7, 11) is -4.39. The molecular formula is C29H36N3O6PS. The smallest absolute Gasteiger partial charge is 0.272 e. The van der Waals surface area contributed by atoms with Gasteiger partial charge in [-0.3, -0.25) is 18.4 Å². The maximum Gasteiger partial charge on any atom is 0.272 e. The van der Waals surface area contributed by atoms with Crippen molar-refractivity contribution in [3.05, 3.63) is 70.3 Å². The lowest BCUT2D eigenvalue weighted by Gasteiger charge is -2.46. The first-order valence-electron chi connectivity index (χ1n) is 13.7. The first-order valence-corrected chi connectivity index (χ1v) is 16.0. The average Bonchev–Trinajstić information content (AvgIpc) is 3.41. The third kappa shape index (κ3) is 7.13. The lowest BCUT2D eigenvalue weighted by Crippen LogP contribution is -2.61. The summed E-state index contributed by atoms with van der Waals surface area (Å²) < 4.78 is 30.6. The van der Waals surface area contributed by atoms with Crippen molar-refractivity contribution >= 4 is 45.8 Å². The van der Waals surface area contributed by atoms with E-state index in [9.17, 15) is 14.3 Å². The van der Waals surface area contributed by atoms with Gasteiger partial charge in [0, 0.05) is 27.9 Å². The summed E-state index contributed by atoms with van der Waals surface area (Å²) >= 11 is 1.74. The van der Waals surface area contributed by atoms with Crippen LogP contribution in [0.4, 0.5) is 5.69 Å². The third-order valence-electron chi connectivity index (χ3n) is 7.32. The molecule has 214 valence electrons. The molecule has 1 unspecified atom stereocenters. The summed E-state index contributed by atoms with van der Waals surface area (Å²) in [6.45, 7) is 7.84. The number of ether oxygens (including phenoxy) is 1. The number of hydrogen-bond acceptors (Lipinski definition) is 8. The molecule has 2 aromatic carbocycles. The Balaban J connectivity index is 1.20. The predicted octanol–water partition coefficient (Wildman–Crippen LogP) is 5.11. The normalized spacial score (nSPS) is 16.9. The van der Waals surface area contributed by atoms with Crippen LogP contribution in [0, 0.1) is 0 Å². The number of benzene rings is 2. The van der Waals surface area contributed by atoms with E-state index in [1.807, 2.05) is 18.2 Å². The van der Waals surface area contributed by atoms with Crippen LogP contribution in [0.1, 0.15) is 26.7 Å². The number of aromatic amines is 1. The summed E-state index contributed by atoms with van der Waals surface area (Å²) in [5, 5.41) is 4.32. The molecule has 9 nitrogen and oxygen atoms in total. The Kier molecular flexibility index (Phi) is 8.95. The molecular weight excluding hydrogens is 549 g/mol. The molecule has 2 aromatic heterocycles. The Morgan fingerprint density at radius 3 is 2.70 bits per heavy atom. The molecule has 0 bridgehead atoms. The van der Waals surface area contributed by atoms with Gasteiger partial charge in [0.2, 0.25) is 5.56 Å². The number of nitrogens with one attached hydrogen (secondary N) is 1. The Labute approximate surface area is 238 Å². The summed E-state index contributed by atoms with van der Waals surface area (Å²) in [5.74, 6) is 0.705. The number of piperazine rings is 1. The number of rotatable bonds is 12. The van der Waals surface area contributed by atoms with Gasteiger partial charge in [0.05, 0.1) is 51.0 Å². The van der Waals surface area contributed by atoms with E-state index in [1.54, 1.807) is 31.3 Å². The molecule has 40 heavy (non-hydrogen) atoms. The van der Waals surface area contributed by atoms with Crippen molar-refractivity contribution in [1.29, 1.82) is 0 Å². The van der Waals surface area contributed by atoms with Gasteiger partial charge in [-0.15, -0.1) is 11.3 Å². The van der Waals surface area contributed by atoms with Gasteiger partial charge in [-0.25, -0.2) is 0 Å². The summed E-state index contributed by atoms with van der Waals surface area (Å²) in [6.07, 6.45) is 1.19. The number of hydrogen-bond donors (Lipinski definition) is 1. The molecule has 3 heterocycles. The number of unbranched alkanes of at least 4 members (excludes halogenated alkanes) is 1. The van der Waals surface area contributed by atoms with E-state index in [0.717, 1.165) is 56.5 Å². The topological polar surface area (TPSA) is 104 Å². The van der Waals surface area contributed by atoms with Crippen molar-refractivity contribution in [1.82, 2.24) is 4.98 Å². The number of fused-ring (bicyclic) bond motifs is 2. The van der Waals surface area contributed by atoms with Crippen molar-refractivity contribution in [3.8, 4) is 5.75 Å². The number of phosphoric acid groups is 1. The van der Waals surface area contributed by atoms with Crippen LogP contribution in [0.25, 0.3) is 21.0 Å². The van der Waals surface area contributed by atoms with Crippen LogP contribution in [0.2, 0.25) is 0 Å². The summed E-state index contributed by atoms with van der Waals surface area (Å²) in [6, 6.07) is 17.5. The molecule has 0 spiro atoms. The molecule has 1 N–H and O–H groups in total. The van der Waals surface area contributed by atoms with Crippen LogP contribution >= 0.6 is 19.2 Å². The Morgan fingerprint density at radius 2 is 1.90 bits per heavy atom. The second-order valence-electron chi connectivity index (χ2n) is 10.6. The van der Waals surface area contributed by atoms with Gasteiger partial charge in [-0.05, 0) is 73.9 Å². The SMILES string of the molecule is CC(C)OP(=O)([O-])OC[N+]1(CCCCOc2ccc3ccc(=O)[nH]c3c2)CCN(c2cccc3sccc23)CC1. The first kappa shape index (κ1) is 28.8. The van der Waals surface area contributed by atoms with Crippen molar-refractivity contribution in [2.75, 3.05) is 51.0 Å². The summed E-state index contributed by atoms with van der Waals surface area (Å²) in [4.78, 5) is 29.2. The molecule has 0 radical (unpaired) electrons. The van der Waals surface area contributed by atoms with Crippen molar-refractivity contribution < 1.29 is 27.7 Å². The minimum Gasteiger partial charge on any atom is -0.756 e. The zero-order valence-electron chi connectivity index (χ0n) is 22.9. The van der Waals surface area contributed by atoms with Gasteiger partial charge in [-0.2, -0.15) is 0 Å². The van der Waals surface area contributed by atoms with E-state index >= 15 is 0 Å². The molecule has 5 rings (SSSR count). The van der Waals surface area contributed by atoms with E-state index in [4.69, 9.17) is 13.8 Å². The zero-order valence-corrected chi connectivity index (χ0v) is 24.6. The largest absolute Gasteiger partial charge is 0.756 e. The van der Waals surface area contributed by atoms with Crippen molar-refractivity contribution in [2.24, 2.45) is 0 Å². The number of aromatic nitrogens is 1. The molecule has 1 aliphatic heterocycles. The maximum atomic E-state index is 12.4. The van der Waals surface area contributed by atoms with E-state index in [0.29, 0.717) is 16.8 Å². The van der Waals surface area contributed by atoms with Crippen LogP contribution in [-0.2, 0) is 13.6 Å². The monoisotopic (exact) mass is 585 g/mol. The zero-order chi connectivity index (χ0) is 28.2. The molecule has 1 aliphatic rings. The number of H-pyrrole nitrogens is 1. The van der Waals surface area contributed by atoms with Crippen LogP contribution in [0.15, 0.2) is 64.8 Å². The first-order chi connectivity index (χ1) is 19.2. The van der Waals surface area contributed by atoms with Crippen LogP contribution in [0.5, 0.6) is 5.75 Å². The van der Waals surface area contributed by atoms with Crippen LogP contribution in [0.3, 0.4) is 0 Å². The number of thiophene rings is 1. The van der Waals surface area contributed by atoms with Crippen LogP contribution < -0.4 is 20.1 Å². The van der Waals surface area contributed by atoms with Gasteiger partial charge in [0.15, 0.2) is 6.73 Å². The Morgan fingerprint density at radius 1 is 1.10 bits per heavy atom. The van der Waals surface area contributed by atoms with Gasteiger partial charge in [0.1, 0.15) is 5.75 Å². The molecule has 0 saturated carbocycles. The minimum atomic E-state index is -4.39. The standard InChI is InChI=1S/C29H36N3O6PS/c1-22(2)38-39(34,35)37-21-32(16-13-31(14-17-32)27-6-5-7-28-25(27)12-19-40-28)15-3-4-18-36-24-10-8-23-9-11-29(33)30-26(23)20-24/h5-12,19-20,22H,3-4,13-18,21H2,1-2H3,(H-,30,33,34,35). The molecule has 1 saturated heterocycles. The molecule has 4 aromatic rings. The highest BCUT2D eigenvalue weighted by atomic mass is 32.1. The molecule has 1 fully saturated rings. The highest BCUT2D eigenvalue weighted by Gasteiger charge is 2.35. The third-order valence-corrected chi connectivity index (χ3v) is 9.32. The highest BCUT2D eigenvalue weighted by molar-refractivity contribution is 7.45. The van der Waals surface area contributed by atoms with E-state index in [-0.39, 0.29) is 12.3 Å². The van der Waals surface area contributed by atoms with E-state index in [2.05, 4.69) is 39.5 Å². The fourth-order valence-electron chi connectivity index (χ4n) is 5.24. The van der Waals surface area contributed by atoms with Gasteiger partial charge in [0.25, 0.3) is 7.82 Å². The Bertz CT molecular complexity index is 1550. The van der Waals surface area contributed by atoms with E-state index in [1.165, 1.54) is 21.8 Å². The second-order valence-corrected chi connectivity index (χ2v) is 12.9. The fourth-order valence-corrected chi connectivity index (χ4v) is 7.01. The maximum absolute atomic E-state index is 12.4. The molecule has 1 atom stereocenters. The average molecular weight is 586 g/mol. The lowest BCUT2D eigenvalue weighted by atomic mass is 10.1. The number of anilines is 1. The van der Waals surface area contributed by atoms with Crippen molar-refractivity contribution in [3.63, 3.8) is 0 Å². The van der Waals surface area contributed by atoms with Gasteiger partial charge in [-0.1, -0.05) is 6.07 Å². The quantitative estimate of drug-likeness (QED) is 0.140. The fraction of sp³-hybridized carbons (Fsp3) is 0.414. The second kappa shape index (κ2) is 12.4. The molecule has 11 heteroatoms. The summed E-state index contributed by atoms with van der Waals surface area (Å²) in [5.41, 5.74) is 1.82. The number of pyridine rings is 1. The van der Waals surface area contributed by atoms with Crippen molar-refractivity contribution in [2.45, 2.75) is 32.8 Å². The number of nitrogens with zero attached hydrogens (tertiary/aromatic N) is 2. The van der Waals surface area contributed by atoms with E-state index < -0.39 is 13.9 Å². The van der Waals surface area contributed by atoms with Crippen LogP contribution in [-0.4, -0.2) is 61.6 Å². The predicted molar refractivity (Wildman–Crippen MR) is 158 cm³/mol. The van der Waals surface area contributed by atoms with Gasteiger partial charge >= 0.3 is 0 Å². The minimum absolute atomic E-state index is 0.0584. The Hall–Kier alpha value is -2.72. The number of phosphoric ester groups is 1.